The minimum atomic E-state index is -3.51. The number of hydrogen-bond donors (Lipinski definition) is 2. The summed E-state index contributed by atoms with van der Waals surface area (Å²) in [6, 6.07) is 0. The zero-order valence-corrected chi connectivity index (χ0v) is 12.0. The Morgan fingerprint density at radius 3 is 2.50 bits per heavy atom. The van der Waals surface area contributed by atoms with Crippen LogP contribution in [0.15, 0.2) is 0 Å². The van der Waals surface area contributed by atoms with Crippen molar-refractivity contribution in [1.82, 2.24) is 5.32 Å². The Labute approximate surface area is 108 Å². The van der Waals surface area contributed by atoms with Crippen LogP contribution in [0.3, 0.4) is 0 Å². The van der Waals surface area contributed by atoms with Crippen molar-refractivity contribution in [2.24, 2.45) is 0 Å². The van der Waals surface area contributed by atoms with Crippen molar-refractivity contribution in [3.8, 4) is 0 Å². The molecule has 1 amide bonds. The molecule has 1 saturated heterocycles. The van der Waals surface area contributed by atoms with Crippen LogP contribution >= 0.6 is 0 Å². The van der Waals surface area contributed by atoms with Gasteiger partial charge in [0.1, 0.15) is 10.3 Å². The van der Waals surface area contributed by atoms with Crippen LogP contribution in [0.1, 0.15) is 27.2 Å². The lowest BCUT2D eigenvalue weighted by molar-refractivity contribution is -0.124. The van der Waals surface area contributed by atoms with Crippen molar-refractivity contribution >= 4 is 15.7 Å². The maximum absolute atomic E-state index is 11.9. The Bertz CT molecular complexity index is 431. The van der Waals surface area contributed by atoms with E-state index in [0.29, 0.717) is 13.0 Å². The summed E-state index contributed by atoms with van der Waals surface area (Å²) in [5.74, 6) is -0.613. The fourth-order valence-electron chi connectivity index (χ4n) is 1.62. The number of amides is 1. The van der Waals surface area contributed by atoms with Crippen LogP contribution in [-0.4, -0.2) is 55.3 Å². The molecule has 2 N–H and O–H groups in total. The molecular weight excluding hydrogens is 258 g/mol. The summed E-state index contributed by atoms with van der Waals surface area (Å²) >= 11 is 0. The average Bonchev–Trinajstić information content (AvgIpc) is 2.55. The monoisotopic (exact) mass is 279 g/mol. The number of nitrogens with one attached hydrogen (secondary N) is 1. The molecule has 6 nitrogen and oxygen atoms in total. The van der Waals surface area contributed by atoms with Gasteiger partial charge in [-0.15, -0.1) is 0 Å². The van der Waals surface area contributed by atoms with Crippen molar-refractivity contribution in [3.63, 3.8) is 0 Å². The average molecular weight is 279 g/mol. The Kier molecular flexibility index (Phi) is 4.10. The van der Waals surface area contributed by atoms with E-state index in [1.54, 1.807) is 6.92 Å². The highest BCUT2D eigenvalue weighted by Crippen LogP contribution is 2.25. The Hall–Kier alpha value is -0.660. The van der Waals surface area contributed by atoms with Gasteiger partial charge < -0.3 is 15.2 Å². The standard InChI is InChI=1S/C11H21NO5S/c1-8-11(14,5-6-17-8)7-12-9(13)10(2,3)18(4,15)16/h8,14H,5-7H2,1-4H3,(H,12,13). The summed E-state index contributed by atoms with van der Waals surface area (Å²) in [5.41, 5.74) is -1.12. The first kappa shape index (κ1) is 15.4. The van der Waals surface area contributed by atoms with E-state index in [9.17, 15) is 18.3 Å². The zero-order valence-electron chi connectivity index (χ0n) is 11.2. The summed E-state index contributed by atoms with van der Waals surface area (Å²) < 4.78 is 26.7. The van der Waals surface area contributed by atoms with Crippen LogP contribution in [0.2, 0.25) is 0 Å². The zero-order chi connectivity index (χ0) is 14.2. The number of carbonyl (C=O) groups is 1. The van der Waals surface area contributed by atoms with Crippen LogP contribution in [0, 0.1) is 0 Å². The molecule has 0 aromatic heterocycles. The van der Waals surface area contributed by atoms with Gasteiger partial charge in [0, 0.05) is 25.8 Å². The van der Waals surface area contributed by atoms with Gasteiger partial charge >= 0.3 is 0 Å². The maximum Gasteiger partial charge on any atom is 0.240 e. The van der Waals surface area contributed by atoms with E-state index in [0.717, 1.165) is 6.26 Å². The highest BCUT2D eigenvalue weighted by atomic mass is 32.2. The van der Waals surface area contributed by atoms with Gasteiger partial charge in [0.15, 0.2) is 9.84 Å². The smallest absolute Gasteiger partial charge is 0.240 e. The third-order valence-corrected chi connectivity index (χ3v) is 5.73. The van der Waals surface area contributed by atoms with E-state index in [2.05, 4.69) is 5.32 Å². The van der Waals surface area contributed by atoms with Crippen LogP contribution in [-0.2, 0) is 19.4 Å². The summed E-state index contributed by atoms with van der Waals surface area (Å²) in [6.07, 6.45) is 1.07. The van der Waals surface area contributed by atoms with Crippen LogP contribution < -0.4 is 5.32 Å². The molecule has 0 aromatic carbocycles. The molecule has 0 spiro atoms. The topological polar surface area (TPSA) is 92.7 Å². The second-order valence-electron chi connectivity index (χ2n) is 5.33. The van der Waals surface area contributed by atoms with E-state index >= 15 is 0 Å². The SMILES string of the molecule is CC1OCCC1(O)CNC(=O)C(C)(C)S(C)(=O)=O. The predicted molar refractivity (Wildman–Crippen MR) is 66.9 cm³/mol. The molecule has 0 aliphatic carbocycles. The minimum Gasteiger partial charge on any atom is -0.385 e. The molecule has 2 atom stereocenters. The number of hydrogen-bond acceptors (Lipinski definition) is 5. The molecule has 2 unspecified atom stereocenters. The first-order valence-corrected chi connectivity index (χ1v) is 7.72. The molecule has 0 radical (unpaired) electrons. The largest absolute Gasteiger partial charge is 0.385 e. The first-order valence-electron chi connectivity index (χ1n) is 5.82. The molecule has 1 rings (SSSR count). The fourth-order valence-corrected chi connectivity index (χ4v) is 2.03. The normalized spacial score (nSPS) is 29.3. The Morgan fingerprint density at radius 2 is 2.11 bits per heavy atom. The number of ether oxygens (including phenoxy) is 1. The first-order chi connectivity index (χ1) is 8.01. The highest BCUT2D eigenvalue weighted by Gasteiger charge is 2.43. The quantitative estimate of drug-likeness (QED) is 0.721. The number of rotatable bonds is 4. The molecule has 1 heterocycles. The number of aliphatic hydroxyl groups is 1. The molecular formula is C11H21NO5S. The lowest BCUT2D eigenvalue weighted by Gasteiger charge is -2.28. The van der Waals surface area contributed by atoms with Gasteiger partial charge in [0.2, 0.25) is 5.91 Å². The Morgan fingerprint density at radius 1 is 1.56 bits per heavy atom. The molecule has 0 aromatic rings. The van der Waals surface area contributed by atoms with Gasteiger partial charge in [0.05, 0.1) is 6.10 Å². The van der Waals surface area contributed by atoms with Crippen molar-refractivity contribution in [2.45, 2.75) is 43.6 Å². The van der Waals surface area contributed by atoms with Crippen LogP contribution in [0.25, 0.3) is 0 Å². The van der Waals surface area contributed by atoms with E-state index in [1.807, 2.05) is 0 Å². The van der Waals surface area contributed by atoms with E-state index in [4.69, 9.17) is 4.74 Å². The van der Waals surface area contributed by atoms with Crippen LogP contribution in [0.4, 0.5) is 0 Å². The van der Waals surface area contributed by atoms with Gasteiger partial charge in [-0.3, -0.25) is 4.79 Å². The second kappa shape index (κ2) is 4.79. The van der Waals surface area contributed by atoms with Crippen LogP contribution in [0.5, 0.6) is 0 Å². The number of carbonyl (C=O) groups excluding carboxylic acids is 1. The van der Waals surface area contributed by atoms with E-state index in [1.165, 1.54) is 13.8 Å². The van der Waals surface area contributed by atoms with E-state index in [-0.39, 0.29) is 12.6 Å². The lowest BCUT2D eigenvalue weighted by atomic mass is 9.96. The van der Waals surface area contributed by atoms with Gasteiger partial charge in [-0.1, -0.05) is 0 Å². The molecule has 7 heteroatoms. The van der Waals surface area contributed by atoms with Crippen molar-refractivity contribution in [1.29, 1.82) is 0 Å². The maximum atomic E-state index is 11.9. The summed E-state index contributed by atoms with van der Waals surface area (Å²) in [7, 11) is -3.51. The molecule has 1 aliphatic heterocycles. The number of sulfone groups is 1. The van der Waals surface area contributed by atoms with Crippen molar-refractivity contribution < 1.29 is 23.1 Å². The molecule has 1 fully saturated rings. The lowest BCUT2D eigenvalue weighted by Crippen LogP contribution is -2.54. The molecule has 0 saturated carbocycles. The van der Waals surface area contributed by atoms with E-state index < -0.39 is 26.1 Å². The van der Waals surface area contributed by atoms with Gasteiger partial charge in [-0.05, 0) is 20.8 Å². The van der Waals surface area contributed by atoms with Gasteiger partial charge in [-0.2, -0.15) is 0 Å². The molecule has 0 bridgehead atoms. The molecule has 1 aliphatic rings. The third-order valence-electron chi connectivity index (χ3n) is 3.69. The second-order valence-corrected chi connectivity index (χ2v) is 7.90. The fraction of sp³-hybridized carbons (Fsp3) is 0.909. The Balaban J connectivity index is 2.68. The third kappa shape index (κ3) is 2.84. The summed E-state index contributed by atoms with van der Waals surface area (Å²) in [6.45, 7) is 4.84. The van der Waals surface area contributed by atoms with Gasteiger partial charge in [0.25, 0.3) is 0 Å². The minimum absolute atomic E-state index is 0.00799. The van der Waals surface area contributed by atoms with Gasteiger partial charge in [-0.25, -0.2) is 8.42 Å². The summed E-state index contributed by atoms with van der Waals surface area (Å²) in [4.78, 5) is 11.9. The van der Waals surface area contributed by atoms with Crippen molar-refractivity contribution in [2.75, 3.05) is 19.4 Å². The highest BCUT2D eigenvalue weighted by molar-refractivity contribution is 7.92. The molecule has 18 heavy (non-hydrogen) atoms. The molecule has 106 valence electrons. The predicted octanol–water partition coefficient (Wildman–Crippen LogP) is -0.534. The van der Waals surface area contributed by atoms with Crippen molar-refractivity contribution in [3.05, 3.63) is 0 Å². The summed E-state index contributed by atoms with van der Waals surface area (Å²) in [5, 5.41) is 12.7.